The molecule has 2 heterocycles. The Bertz CT molecular complexity index is 1060. The number of aryl methyl sites for hydroxylation is 1. The molecule has 2 saturated heterocycles. The van der Waals surface area contributed by atoms with Crippen molar-refractivity contribution in [2.24, 2.45) is 5.92 Å². The Hall–Kier alpha value is -2.61. The normalized spacial score (nSPS) is 22.2. The number of benzene rings is 2. The van der Waals surface area contributed by atoms with Crippen molar-refractivity contribution in [3.05, 3.63) is 58.6 Å². The smallest absolute Gasteiger partial charge is 0.236 e. The molecule has 0 radical (unpaired) electrons. The molecule has 7 nitrogen and oxygen atoms in total. The molecular weight excluding hydrogens is 464 g/mol. The van der Waals surface area contributed by atoms with E-state index in [9.17, 15) is 14.7 Å². The molecule has 2 aliphatic rings. The number of likely N-dealkylation sites (tertiary alicyclic amines) is 1. The quantitative estimate of drug-likeness (QED) is 0.590. The standard InChI is InChI=1S/C27H35ClN4O3/c1-18-4-6-21(7-5-18)20(3)32-13-12-31(15-19(32)2)26(34)17-30-11-10-22(16-30)27(35)29-23-8-9-25(33)24(28)14-23/h4-9,14,19-20,22,33H,10-13,15-17H2,1-3H3,(H,29,35)/t19-,20-,22?/m1/s1. The maximum atomic E-state index is 13.0. The maximum Gasteiger partial charge on any atom is 0.236 e. The number of halogens is 1. The molecule has 35 heavy (non-hydrogen) atoms. The van der Waals surface area contributed by atoms with E-state index in [4.69, 9.17) is 11.6 Å². The Balaban J connectivity index is 1.25. The molecular formula is C27H35ClN4O3. The Morgan fingerprint density at radius 1 is 1.11 bits per heavy atom. The first-order valence-corrected chi connectivity index (χ1v) is 12.7. The number of nitrogens with one attached hydrogen (secondary N) is 1. The molecule has 188 valence electrons. The van der Waals surface area contributed by atoms with Gasteiger partial charge in [-0.25, -0.2) is 0 Å². The lowest BCUT2D eigenvalue weighted by atomic mass is 10.0. The summed E-state index contributed by atoms with van der Waals surface area (Å²) in [5.74, 6) is -0.156. The van der Waals surface area contributed by atoms with Gasteiger partial charge in [0.2, 0.25) is 11.8 Å². The molecule has 2 aliphatic heterocycles. The van der Waals surface area contributed by atoms with Gasteiger partial charge in [-0.2, -0.15) is 0 Å². The van der Waals surface area contributed by atoms with Crippen LogP contribution in [0.25, 0.3) is 0 Å². The molecule has 0 spiro atoms. The zero-order valence-electron chi connectivity index (χ0n) is 20.7. The number of anilines is 1. The third-order valence-electron chi connectivity index (χ3n) is 7.31. The summed E-state index contributed by atoms with van der Waals surface area (Å²) in [6, 6.07) is 13.9. The number of aromatic hydroxyl groups is 1. The van der Waals surface area contributed by atoms with Gasteiger partial charge in [0.25, 0.3) is 0 Å². The van der Waals surface area contributed by atoms with E-state index in [0.717, 1.165) is 19.6 Å². The van der Waals surface area contributed by atoms with Crippen molar-refractivity contribution >= 4 is 29.1 Å². The van der Waals surface area contributed by atoms with Crippen LogP contribution >= 0.6 is 11.6 Å². The van der Waals surface area contributed by atoms with Gasteiger partial charge in [0, 0.05) is 44.0 Å². The van der Waals surface area contributed by atoms with E-state index < -0.39 is 0 Å². The number of rotatable bonds is 6. The number of hydrogen-bond donors (Lipinski definition) is 2. The number of amides is 2. The lowest BCUT2D eigenvalue weighted by molar-refractivity contribution is -0.135. The molecule has 8 heteroatoms. The van der Waals surface area contributed by atoms with Gasteiger partial charge >= 0.3 is 0 Å². The van der Waals surface area contributed by atoms with E-state index in [0.29, 0.717) is 37.8 Å². The molecule has 2 amide bonds. The van der Waals surface area contributed by atoms with Gasteiger partial charge in [-0.3, -0.25) is 19.4 Å². The summed E-state index contributed by atoms with van der Waals surface area (Å²) in [6.45, 7) is 10.4. The monoisotopic (exact) mass is 498 g/mol. The largest absolute Gasteiger partial charge is 0.506 e. The number of hydrogen-bond acceptors (Lipinski definition) is 5. The van der Waals surface area contributed by atoms with Gasteiger partial charge < -0.3 is 15.3 Å². The van der Waals surface area contributed by atoms with Crippen molar-refractivity contribution in [3.8, 4) is 5.75 Å². The van der Waals surface area contributed by atoms with Gasteiger partial charge in [0.1, 0.15) is 5.75 Å². The van der Waals surface area contributed by atoms with Gasteiger partial charge in [-0.05, 0) is 57.5 Å². The summed E-state index contributed by atoms with van der Waals surface area (Å²) in [5, 5.41) is 12.6. The van der Waals surface area contributed by atoms with Crippen LogP contribution in [0.1, 0.15) is 37.4 Å². The number of phenolic OH excluding ortho intramolecular Hbond substituents is 1. The zero-order chi connectivity index (χ0) is 25.1. The van der Waals surface area contributed by atoms with Crippen molar-refractivity contribution in [1.82, 2.24) is 14.7 Å². The molecule has 3 atom stereocenters. The molecule has 2 N–H and O–H groups in total. The van der Waals surface area contributed by atoms with Crippen molar-refractivity contribution < 1.29 is 14.7 Å². The highest BCUT2D eigenvalue weighted by molar-refractivity contribution is 6.32. The summed E-state index contributed by atoms with van der Waals surface area (Å²) in [4.78, 5) is 32.2. The highest BCUT2D eigenvalue weighted by Crippen LogP contribution is 2.28. The number of piperazine rings is 1. The van der Waals surface area contributed by atoms with Crippen molar-refractivity contribution in [2.75, 3.05) is 44.6 Å². The molecule has 1 unspecified atom stereocenters. The number of carbonyl (C=O) groups excluding carboxylic acids is 2. The summed E-state index contributed by atoms with van der Waals surface area (Å²) < 4.78 is 0. The van der Waals surface area contributed by atoms with E-state index in [-0.39, 0.29) is 34.5 Å². The first-order chi connectivity index (χ1) is 16.7. The van der Waals surface area contributed by atoms with Crippen LogP contribution in [0.4, 0.5) is 5.69 Å². The summed E-state index contributed by atoms with van der Waals surface area (Å²) in [7, 11) is 0. The molecule has 0 aromatic heterocycles. The zero-order valence-corrected chi connectivity index (χ0v) is 21.5. The van der Waals surface area contributed by atoms with Crippen LogP contribution in [-0.4, -0.2) is 76.9 Å². The summed E-state index contributed by atoms with van der Waals surface area (Å²) in [6.07, 6.45) is 0.711. The molecule has 0 bridgehead atoms. The van der Waals surface area contributed by atoms with Gasteiger partial charge in [-0.1, -0.05) is 41.4 Å². The highest BCUT2D eigenvalue weighted by Gasteiger charge is 2.33. The Morgan fingerprint density at radius 2 is 1.86 bits per heavy atom. The van der Waals surface area contributed by atoms with Gasteiger partial charge in [-0.15, -0.1) is 0 Å². The third-order valence-corrected chi connectivity index (χ3v) is 7.61. The fourth-order valence-electron chi connectivity index (χ4n) is 5.12. The van der Waals surface area contributed by atoms with E-state index >= 15 is 0 Å². The first-order valence-electron chi connectivity index (χ1n) is 12.3. The van der Waals surface area contributed by atoms with Crippen molar-refractivity contribution in [3.63, 3.8) is 0 Å². The SMILES string of the molecule is Cc1ccc([C@@H](C)N2CCN(C(=O)CN3CCC(C(=O)Nc4ccc(O)c(Cl)c4)C3)C[C@H]2C)cc1. The van der Waals surface area contributed by atoms with Crippen LogP contribution in [0.15, 0.2) is 42.5 Å². The van der Waals surface area contributed by atoms with Crippen LogP contribution in [0.2, 0.25) is 5.02 Å². The van der Waals surface area contributed by atoms with Crippen LogP contribution in [0, 0.1) is 12.8 Å². The Kier molecular flexibility index (Phi) is 7.99. The number of phenols is 1. The molecule has 0 aliphatic carbocycles. The fourth-order valence-corrected chi connectivity index (χ4v) is 5.30. The third kappa shape index (κ3) is 6.15. The van der Waals surface area contributed by atoms with E-state index in [1.807, 2.05) is 4.90 Å². The number of carbonyl (C=O) groups is 2. The Labute approximate surface area is 212 Å². The average molecular weight is 499 g/mol. The maximum absolute atomic E-state index is 13.0. The van der Waals surface area contributed by atoms with E-state index in [1.165, 1.54) is 23.3 Å². The van der Waals surface area contributed by atoms with E-state index in [2.05, 4.69) is 60.2 Å². The first kappa shape index (κ1) is 25.5. The van der Waals surface area contributed by atoms with Crippen LogP contribution < -0.4 is 5.32 Å². The lowest BCUT2D eigenvalue weighted by Crippen LogP contribution is -2.55. The molecule has 0 saturated carbocycles. The lowest BCUT2D eigenvalue weighted by Gasteiger charge is -2.43. The minimum Gasteiger partial charge on any atom is -0.506 e. The fraction of sp³-hybridized carbons (Fsp3) is 0.481. The summed E-state index contributed by atoms with van der Waals surface area (Å²) >= 11 is 5.93. The van der Waals surface area contributed by atoms with Crippen LogP contribution in [0.3, 0.4) is 0 Å². The van der Waals surface area contributed by atoms with Gasteiger partial charge in [0.15, 0.2) is 0 Å². The Morgan fingerprint density at radius 3 is 2.54 bits per heavy atom. The van der Waals surface area contributed by atoms with Crippen molar-refractivity contribution in [1.29, 1.82) is 0 Å². The molecule has 2 aromatic carbocycles. The van der Waals surface area contributed by atoms with Gasteiger partial charge in [0.05, 0.1) is 17.5 Å². The van der Waals surface area contributed by atoms with Crippen LogP contribution in [-0.2, 0) is 9.59 Å². The molecule has 2 fully saturated rings. The highest BCUT2D eigenvalue weighted by atomic mass is 35.5. The second-order valence-corrected chi connectivity index (χ2v) is 10.3. The minimum atomic E-state index is -0.179. The predicted octanol–water partition coefficient (Wildman–Crippen LogP) is 3.91. The van der Waals surface area contributed by atoms with Crippen molar-refractivity contribution in [2.45, 2.75) is 39.3 Å². The molecule has 2 aromatic rings. The minimum absolute atomic E-state index is 0.0185. The topological polar surface area (TPSA) is 76.1 Å². The second kappa shape index (κ2) is 11.0. The average Bonchev–Trinajstić information content (AvgIpc) is 3.30. The van der Waals surface area contributed by atoms with E-state index in [1.54, 1.807) is 6.07 Å². The second-order valence-electron chi connectivity index (χ2n) is 9.89. The van der Waals surface area contributed by atoms with Crippen LogP contribution in [0.5, 0.6) is 5.75 Å². The predicted molar refractivity (Wildman–Crippen MR) is 139 cm³/mol. The molecule has 4 rings (SSSR count). The number of nitrogens with zero attached hydrogens (tertiary/aromatic N) is 3. The summed E-state index contributed by atoms with van der Waals surface area (Å²) in [5.41, 5.74) is 3.12.